The molecule has 2 aromatic carbocycles. The van der Waals surface area contributed by atoms with Crippen LogP contribution >= 0.6 is 0 Å². The van der Waals surface area contributed by atoms with E-state index in [-0.39, 0.29) is 18.0 Å². The van der Waals surface area contributed by atoms with Crippen LogP contribution in [0.15, 0.2) is 36.4 Å². The summed E-state index contributed by atoms with van der Waals surface area (Å²) in [7, 11) is 0. The molecule has 2 atom stereocenters. The van der Waals surface area contributed by atoms with Gasteiger partial charge in [-0.2, -0.15) is 0 Å². The maximum absolute atomic E-state index is 14.0. The molecule has 2 N–H and O–H groups in total. The van der Waals surface area contributed by atoms with Gasteiger partial charge in [0.25, 0.3) is 0 Å². The molecule has 0 saturated heterocycles. The molecule has 2 nitrogen and oxygen atoms in total. The molecule has 3 rings (SSSR count). The minimum atomic E-state index is -0.319. The van der Waals surface area contributed by atoms with Gasteiger partial charge in [-0.15, -0.1) is 0 Å². The van der Waals surface area contributed by atoms with Gasteiger partial charge in [0.1, 0.15) is 17.7 Å². The first-order valence-corrected chi connectivity index (χ1v) is 6.83. The summed E-state index contributed by atoms with van der Waals surface area (Å²) in [6, 6.07) is 10.9. The van der Waals surface area contributed by atoms with Crippen LogP contribution in [-0.4, -0.2) is 0 Å². The summed E-state index contributed by atoms with van der Waals surface area (Å²) < 4.78 is 20.0. The molecule has 0 spiro atoms. The topological polar surface area (TPSA) is 35.2 Å². The van der Waals surface area contributed by atoms with Crippen LogP contribution in [0.3, 0.4) is 0 Å². The molecule has 0 radical (unpaired) electrons. The van der Waals surface area contributed by atoms with Crippen LogP contribution in [0.4, 0.5) is 4.39 Å². The highest BCUT2D eigenvalue weighted by Gasteiger charge is 2.28. The third-order valence-corrected chi connectivity index (χ3v) is 3.80. The summed E-state index contributed by atoms with van der Waals surface area (Å²) in [6.07, 6.45) is 0.275. The van der Waals surface area contributed by atoms with Gasteiger partial charge in [0.05, 0.1) is 0 Å². The number of benzene rings is 2. The van der Waals surface area contributed by atoms with Crippen molar-refractivity contribution in [1.82, 2.24) is 0 Å². The van der Waals surface area contributed by atoms with E-state index in [1.807, 2.05) is 38.1 Å². The second kappa shape index (κ2) is 4.91. The Balaban J connectivity index is 1.99. The smallest absolute Gasteiger partial charge is 0.130 e. The molecule has 0 fully saturated rings. The molecule has 1 heterocycles. The molecule has 0 aromatic heterocycles. The second-order valence-electron chi connectivity index (χ2n) is 5.51. The van der Waals surface area contributed by atoms with Gasteiger partial charge in [-0.1, -0.05) is 29.3 Å². The molecule has 1 unspecified atom stereocenters. The molecule has 1 aliphatic rings. The van der Waals surface area contributed by atoms with Gasteiger partial charge in [0.2, 0.25) is 0 Å². The first-order chi connectivity index (χ1) is 9.54. The summed E-state index contributed by atoms with van der Waals surface area (Å²) in [5, 5.41) is 0. The van der Waals surface area contributed by atoms with Crippen molar-refractivity contribution in [2.45, 2.75) is 32.4 Å². The third kappa shape index (κ3) is 2.29. The van der Waals surface area contributed by atoms with E-state index in [4.69, 9.17) is 10.5 Å². The van der Waals surface area contributed by atoms with E-state index < -0.39 is 0 Å². The van der Waals surface area contributed by atoms with Crippen molar-refractivity contribution in [3.63, 3.8) is 0 Å². The van der Waals surface area contributed by atoms with Gasteiger partial charge in [-0.3, -0.25) is 0 Å². The van der Waals surface area contributed by atoms with Crippen LogP contribution in [0, 0.1) is 19.7 Å². The van der Waals surface area contributed by atoms with Crippen LogP contribution in [0.25, 0.3) is 0 Å². The van der Waals surface area contributed by atoms with Gasteiger partial charge >= 0.3 is 0 Å². The minimum Gasteiger partial charge on any atom is -0.485 e. The van der Waals surface area contributed by atoms with Crippen molar-refractivity contribution in [3.05, 3.63) is 64.5 Å². The lowest BCUT2D eigenvalue weighted by molar-refractivity contribution is 0.157. The van der Waals surface area contributed by atoms with Crippen molar-refractivity contribution in [1.29, 1.82) is 0 Å². The number of ether oxygens (including phenoxy) is 1. The monoisotopic (exact) mass is 271 g/mol. The summed E-state index contributed by atoms with van der Waals surface area (Å²) in [6.45, 7) is 3.97. The van der Waals surface area contributed by atoms with Crippen LogP contribution in [0.5, 0.6) is 5.75 Å². The fourth-order valence-corrected chi connectivity index (χ4v) is 2.72. The molecule has 0 amide bonds. The van der Waals surface area contributed by atoms with Crippen molar-refractivity contribution in [2.75, 3.05) is 0 Å². The standard InChI is InChI=1S/C17H18FNO/c1-10-3-5-14(18)12(7-10)17-9-15(19)13-8-11(2)4-6-16(13)20-17/h3-8,15,17H,9,19H2,1-2H3/t15-,17?/m0/s1. The lowest BCUT2D eigenvalue weighted by Gasteiger charge is -2.31. The van der Waals surface area contributed by atoms with E-state index in [0.717, 1.165) is 22.4 Å². The Kier molecular flexibility index (Phi) is 3.22. The maximum Gasteiger partial charge on any atom is 0.130 e. The predicted octanol–water partition coefficient (Wildman–Crippen LogP) is 3.97. The largest absolute Gasteiger partial charge is 0.485 e. The number of aryl methyl sites for hydroxylation is 2. The van der Waals surface area contributed by atoms with Crippen molar-refractivity contribution in [3.8, 4) is 5.75 Å². The molecule has 104 valence electrons. The van der Waals surface area contributed by atoms with Gasteiger partial charge in [0, 0.05) is 23.6 Å². The van der Waals surface area contributed by atoms with E-state index in [2.05, 4.69) is 0 Å². The third-order valence-electron chi connectivity index (χ3n) is 3.80. The zero-order valence-corrected chi connectivity index (χ0v) is 11.7. The maximum atomic E-state index is 14.0. The SMILES string of the molecule is Cc1ccc(F)c(C2C[C@H](N)c3cc(C)ccc3O2)c1. The summed E-state index contributed by atoms with van der Waals surface area (Å²) in [5.74, 6) is 0.531. The predicted molar refractivity (Wildman–Crippen MR) is 77.2 cm³/mol. The first kappa shape index (κ1) is 13.1. The Morgan fingerprint density at radius 1 is 1.05 bits per heavy atom. The van der Waals surface area contributed by atoms with Crippen LogP contribution in [0.2, 0.25) is 0 Å². The number of hydrogen-bond donors (Lipinski definition) is 1. The normalized spacial score (nSPS) is 21.2. The summed E-state index contributed by atoms with van der Waals surface area (Å²) in [5.41, 5.74) is 10.0. The van der Waals surface area contributed by atoms with Crippen molar-refractivity contribution >= 4 is 0 Å². The highest BCUT2D eigenvalue weighted by molar-refractivity contribution is 5.42. The highest BCUT2D eigenvalue weighted by atomic mass is 19.1. The Morgan fingerprint density at radius 2 is 1.70 bits per heavy atom. The molecule has 2 aromatic rings. The number of hydrogen-bond acceptors (Lipinski definition) is 2. The summed E-state index contributed by atoms with van der Waals surface area (Å²) in [4.78, 5) is 0. The lowest BCUT2D eigenvalue weighted by atomic mass is 9.92. The van der Waals surface area contributed by atoms with Crippen LogP contribution in [-0.2, 0) is 0 Å². The molecule has 0 aliphatic carbocycles. The number of halogens is 1. The molecule has 3 heteroatoms. The van der Waals surface area contributed by atoms with E-state index in [1.165, 1.54) is 6.07 Å². The summed E-state index contributed by atoms with van der Waals surface area (Å²) >= 11 is 0. The van der Waals surface area contributed by atoms with Gasteiger partial charge < -0.3 is 10.5 Å². The zero-order chi connectivity index (χ0) is 14.3. The Bertz CT molecular complexity index is 653. The molecule has 20 heavy (non-hydrogen) atoms. The quantitative estimate of drug-likeness (QED) is 0.852. The Morgan fingerprint density at radius 3 is 2.45 bits per heavy atom. The van der Waals surface area contributed by atoms with E-state index in [1.54, 1.807) is 6.07 Å². The highest BCUT2D eigenvalue weighted by Crippen LogP contribution is 2.40. The molecule has 0 bridgehead atoms. The first-order valence-electron chi connectivity index (χ1n) is 6.83. The fourth-order valence-electron chi connectivity index (χ4n) is 2.72. The zero-order valence-electron chi connectivity index (χ0n) is 11.7. The van der Waals surface area contributed by atoms with E-state index >= 15 is 0 Å². The number of nitrogens with two attached hydrogens (primary N) is 1. The molecular weight excluding hydrogens is 253 g/mol. The van der Waals surface area contributed by atoms with E-state index in [0.29, 0.717) is 12.0 Å². The van der Waals surface area contributed by atoms with Gasteiger partial charge in [-0.25, -0.2) is 4.39 Å². The average molecular weight is 271 g/mol. The van der Waals surface area contributed by atoms with Gasteiger partial charge in [-0.05, 0) is 32.0 Å². The minimum absolute atomic E-state index is 0.122. The van der Waals surface area contributed by atoms with Crippen LogP contribution < -0.4 is 10.5 Å². The number of rotatable bonds is 1. The Hall–Kier alpha value is -1.87. The second-order valence-corrected chi connectivity index (χ2v) is 5.51. The van der Waals surface area contributed by atoms with Crippen molar-refractivity contribution < 1.29 is 9.13 Å². The van der Waals surface area contributed by atoms with Gasteiger partial charge in [0.15, 0.2) is 0 Å². The molecular formula is C17H18FNO. The average Bonchev–Trinajstić information content (AvgIpc) is 2.42. The van der Waals surface area contributed by atoms with Crippen LogP contribution in [0.1, 0.15) is 40.8 Å². The Labute approximate surface area is 118 Å². The van der Waals surface area contributed by atoms with Crippen molar-refractivity contribution in [2.24, 2.45) is 5.73 Å². The fraction of sp³-hybridized carbons (Fsp3) is 0.294. The molecule has 1 aliphatic heterocycles. The lowest BCUT2D eigenvalue weighted by Crippen LogP contribution is -2.24. The molecule has 0 saturated carbocycles. The van der Waals surface area contributed by atoms with E-state index in [9.17, 15) is 4.39 Å². The number of fused-ring (bicyclic) bond motifs is 1.